The quantitative estimate of drug-likeness (QED) is 0.452. The third-order valence-corrected chi connectivity index (χ3v) is 5.02. The molecule has 0 radical (unpaired) electrons. The molecule has 0 aliphatic carbocycles. The minimum atomic E-state index is -1.26. The van der Waals surface area contributed by atoms with Gasteiger partial charge < -0.3 is 15.1 Å². The highest BCUT2D eigenvalue weighted by Crippen LogP contribution is 2.23. The number of likely N-dealkylation sites (tertiary alicyclic amines) is 1. The number of allylic oxidation sites excluding steroid dienone is 1. The van der Waals surface area contributed by atoms with Crippen molar-refractivity contribution in [3.05, 3.63) is 83.9 Å². The molecule has 0 spiro atoms. The lowest BCUT2D eigenvalue weighted by Crippen LogP contribution is -2.30. The molecule has 1 fully saturated rings. The molecule has 3 rings (SSSR count). The maximum Gasteiger partial charge on any atom is 0.328 e. The number of aliphatic carboxylic acids is 2. The topological polar surface area (TPSA) is 77.8 Å². The van der Waals surface area contributed by atoms with E-state index < -0.39 is 11.9 Å². The maximum atomic E-state index is 9.55. The Morgan fingerprint density at radius 1 is 0.806 bits per heavy atom. The summed E-state index contributed by atoms with van der Waals surface area (Å²) in [4.78, 5) is 21.7. The van der Waals surface area contributed by atoms with Crippen LogP contribution in [0.15, 0.2) is 72.8 Å². The van der Waals surface area contributed by atoms with Crippen LogP contribution in [0.2, 0.25) is 0 Å². The summed E-state index contributed by atoms with van der Waals surface area (Å²) in [6.45, 7) is 3.82. The number of nitrogens with zero attached hydrogens (tertiary/aromatic N) is 1. The number of rotatable bonds is 8. The van der Waals surface area contributed by atoms with E-state index in [1.54, 1.807) is 0 Å². The maximum absolute atomic E-state index is 9.55. The molecular weight excluding hydrogens is 390 g/mol. The minimum absolute atomic E-state index is 0.558. The fourth-order valence-electron chi connectivity index (χ4n) is 3.52. The molecule has 31 heavy (non-hydrogen) atoms. The van der Waals surface area contributed by atoms with Crippen LogP contribution in [0.1, 0.15) is 43.2 Å². The van der Waals surface area contributed by atoms with Gasteiger partial charge in [0.25, 0.3) is 0 Å². The lowest BCUT2D eigenvalue weighted by Gasteiger charge is -2.26. The lowest BCUT2D eigenvalue weighted by molar-refractivity contribution is -0.134. The van der Waals surface area contributed by atoms with E-state index in [2.05, 4.69) is 71.6 Å². The zero-order chi connectivity index (χ0) is 22.3. The summed E-state index contributed by atoms with van der Waals surface area (Å²) in [5, 5.41) is 15.6. The van der Waals surface area contributed by atoms with Crippen LogP contribution in [-0.4, -0.2) is 46.7 Å². The standard InChI is InChI=1S/C22H27N.C4H4O4/c1-4-11-20(12-5-1)19-22(21-13-6-2-7-14-21)15-10-18-23-16-8-3-9-17-23;5-3(6)1-2-4(7)8/h1-2,4-7,11-14,19H,3,8-10,15-18H2;1-2H,(H,5,6)(H,7,8)/b22-19+;2-1-. The van der Waals surface area contributed by atoms with Crippen LogP contribution in [0.4, 0.5) is 0 Å². The molecule has 0 atom stereocenters. The van der Waals surface area contributed by atoms with Gasteiger partial charge in [-0.05, 0) is 62.0 Å². The smallest absolute Gasteiger partial charge is 0.328 e. The highest BCUT2D eigenvalue weighted by molar-refractivity contribution is 5.89. The van der Waals surface area contributed by atoms with Crippen LogP contribution in [0.5, 0.6) is 0 Å². The largest absolute Gasteiger partial charge is 0.478 e. The van der Waals surface area contributed by atoms with E-state index in [4.69, 9.17) is 10.2 Å². The van der Waals surface area contributed by atoms with Gasteiger partial charge in [-0.1, -0.05) is 73.2 Å². The number of carboxylic acids is 2. The number of carbonyl (C=O) groups is 2. The molecule has 2 aromatic rings. The summed E-state index contributed by atoms with van der Waals surface area (Å²) < 4.78 is 0. The third kappa shape index (κ3) is 10.4. The van der Waals surface area contributed by atoms with Gasteiger partial charge >= 0.3 is 11.9 Å². The fraction of sp³-hybridized carbons (Fsp3) is 0.308. The molecule has 0 bridgehead atoms. The first-order valence-corrected chi connectivity index (χ1v) is 10.7. The predicted molar refractivity (Wildman–Crippen MR) is 125 cm³/mol. The Morgan fingerprint density at radius 2 is 1.35 bits per heavy atom. The number of carboxylic acid groups (broad SMARTS) is 2. The van der Waals surface area contributed by atoms with Crippen molar-refractivity contribution in [1.29, 1.82) is 0 Å². The van der Waals surface area contributed by atoms with Crippen molar-refractivity contribution >= 4 is 23.6 Å². The summed E-state index contributed by atoms with van der Waals surface area (Å²) >= 11 is 0. The molecule has 0 aromatic heterocycles. The molecule has 2 N–H and O–H groups in total. The molecule has 1 aliphatic heterocycles. The Labute approximate surface area is 184 Å². The molecule has 1 heterocycles. The first-order valence-electron chi connectivity index (χ1n) is 10.7. The van der Waals surface area contributed by atoms with Crippen LogP contribution in [0, 0.1) is 0 Å². The van der Waals surface area contributed by atoms with E-state index in [1.807, 2.05) is 0 Å². The summed E-state index contributed by atoms with van der Waals surface area (Å²) in [5.74, 6) is -2.51. The second-order valence-corrected chi connectivity index (χ2v) is 7.46. The average Bonchev–Trinajstić information content (AvgIpc) is 2.79. The number of hydrogen-bond donors (Lipinski definition) is 2. The van der Waals surface area contributed by atoms with Crippen LogP contribution >= 0.6 is 0 Å². The van der Waals surface area contributed by atoms with Gasteiger partial charge in [-0.25, -0.2) is 9.59 Å². The number of hydrogen-bond acceptors (Lipinski definition) is 3. The minimum Gasteiger partial charge on any atom is -0.478 e. The van der Waals surface area contributed by atoms with Crippen molar-refractivity contribution < 1.29 is 19.8 Å². The number of piperidine rings is 1. The molecular formula is C26H31NO4. The van der Waals surface area contributed by atoms with E-state index in [1.165, 1.54) is 62.0 Å². The molecule has 5 heteroatoms. The van der Waals surface area contributed by atoms with E-state index in [0.29, 0.717) is 12.2 Å². The van der Waals surface area contributed by atoms with Crippen molar-refractivity contribution in [1.82, 2.24) is 4.90 Å². The van der Waals surface area contributed by atoms with Crippen molar-refractivity contribution in [2.75, 3.05) is 19.6 Å². The zero-order valence-corrected chi connectivity index (χ0v) is 17.8. The summed E-state index contributed by atoms with van der Waals surface area (Å²) in [5.41, 5.74) is 4.10. The first kappa shape index (κ1) is 24.1. The van der Waals surface area contributed by atoms with E-state index in [-0.39, 0.29) is 0 Å². The third-order valence-electron chi connectivity index (χ3n) is 5.02. The molecule has 1 aliphatic rings. The lowest BCUT2D eigenvalue weighted by atomic mass is 9.98. The average molecular weight is 422 g/mol. The van der Waals surface area contributed by atoms with Crippen LogP contribution < -0.4 is 0 Å². The molecule has 0 amide bonds. The second-order valence-electron chi connectivity index (χ2n) is 7.46. The second kappa shape index (κ2) is 13.9. The molecule has 1 saturated heterocycles. The normalized spacial score (nSPS) is 14.6. The predicted octanol–water partition coefficient (Wildman–Crippen LogP) is 5.21. The Hall–Kier alpha value is -3.18. The van der Waals surface area contributed by atoms with Gasteiger partial charge in [0.15, 0.2) is 0 Å². The van der Waals surface area contributed by atoms with Gasteiger partial charge in [-0.3, -0.25) is 0 Å². The molecule has 0 saturated carbocycles. The SMILES string of the molecule is C(=C(/CCCN1CCCCC1)c1ccccc1)/c1ccccc1.O=C(O)/C=C\C(=O)O. The van der Waals surface area contributed by atoms with Crippen molar-refractivity contribution in [3.63, 3.8) is 0 Å². The highest BCUT2D eigenvalue weighted by Gasteiger charge is 2.10. The number of benzene rings is 2. The summed E-state index contributed by atoms with van der Waals surface area (Å²) in [6, 6.07) is 21.5. The Bertz CT molecular complexity index is 837. The van der Waals surface area contributed by atoms with Crippen molar-refractivity contribution in [3.8, 4) is 0 Å². The Balaban J connectivity index is 0.000000366. The van der Waals surface area contributed by atoms with Crippen LogP contribution in [-0.2, 0) is 9.59 Å². The van der Waals surface area contributed by atoms with Crippen LogP contribution in [0.25, 0.3) is 11.6 Å². The highest BCUT2D eigenvalue weighted by atomic mass is 16.4. The van der Waals surface area contributed by atoms with Crippen molar-refractivity contribution in [2.24, 2.45) is 0 Å². The Morgan fingerprint density at radius 3 is 1.90 bits per heavy atom. The molecule has 164 valence electrons. The van der Waals surface area contributed by atoms with E-state index >= 15 is 0 Å². The molecule has 2 aromatic carbocycles. The Kier molecular flexibility index (Phi) is 10.8. The van der Waals surface area contributed by atoms with E-state index in [0.717, 1.165) is 6.42 Å². The summed E-state index contributed by atoms with van der Waals surface area (Å²) in [6.07, 6.45) is 10.0. The molecule has 5 nitrogen and oxygen atoms in total. The van der Waals surface area contributed by atoms with Gasteiger partial charge in [0.2, 0.25) is 0 Å². The van der Waals surface area contributed by atoms with E-state index in [9.17, 15) is 9.59 Å². The van der Waals surface area contributed by atoms with Crippen LogP contribution in [0.3, 0.4) is 0 Å². The summed E-state index contributed by atoms with van der Waals surface area (Å²) in [7, 11) is 0. The van der Waals surface area contributed by atoms with Gasteiger partial charge in [0, 0.05) is 12.2 Å². The van der Waals surface area contributed by atoms with Gasteiger partial charge in [-0.15, -0.1) is 0 Å². The van der Waals surface area contributed by atoms with Gasteiger partial charge in [-0.2, -0.15) is 0 Å². The zero-order valence-electron chi connectivity index (χ0n) is 17.8. The monoisotopic (exact) mass is 421 g/mol. The fourth-order valence-corrected chi connectivity index (χ4v) is 3.52. The van der Waals surface area contributed by atoms with Gasteiger partial charge in [0.1, 0.15) is 0 Å². The van der Waals surface area contributed by atoms with Crippen molar-refractivity contribution in [2.45, 2.75) is 32.1 Å². The first-order chi connectivity index (χ1) is 15.0. The van der Waals surface area contributed by atoms with Gasteiger partial charge in [0.05, 0.1) is 0 Å². The molecule has 0 unspecified atom stereocenters.